The summed E-state index contributed by atoms with van der Waals surface area (Å²) < 4.78 is 37.5. The third-order valence-corrected chi connectivity index (χ3v) is 4.68. The molecule has 6 nitrogen and oxygen atoms in total. The Morgan fingerprint density at radius 1 is 1.21 bits per heavy atom. The minimum Gasteiger partial charge on any atom is -0.495 e. The van der Waals surface area contributed by atoms with Gasteiger partial charge >= 0.3 is 5.97 Å². The number of rotatable bonds is 6. The van der Waals surface area contributed by atoms with Gasteiger partial charge in [0, 0.05) is 10.7 Å². The topological polar surface area (TPSA) is 81.7 Å². The van der Waals surface area contributed by atoms with Crippen LogP contribution in [0.15, 0.2) is 47.4 Å². The van der Waals surface area contributed by atoms with Gasteiger partial charge in [-0.25, -0.2) is 13.2 Å². The summed E-state index contributed by atoms with van der Waals surface area (Å²) in [7, 11) is -2.58. The Balaban J connectivity index is 2.35. The van der Waals surface area contributed by atoms with E-state index in [1.54, 1.807) is 13.0 Å². The van der Waals surface area contributed by atoms with Crippen LogP contribution in [0.5, 0.6) is 5.75 Å². The molecule has 0 aliphatic rings. The van der Waals surface area contributed by atoms with Gasteiger partial charge < -0.3 is 9.47 Å². The number of hydrogen-bond donors (Lipinski definition) is 1. The summed E-state index contributed by atoms with van der Waals surface area (Å²) in [5.41, 5.74) is 0.470. The van der Waals surface area contributed by atoms with Crippen LogP contribution in [0.25, 0.3) is 0 Å². The van der Waals surface area contributed by atoms with Crippen LogP contribution < -0.4 is 9.46 Å². The Kier molecular flexibility index (Phi) is 5.69. The zero-order valence-electron chi connectivity index (χ0n) is 13.1. The van der Waals surface area contributed by atoms with E-state index >= 15 is 0 Å². The Morgan fingerprint density at radius 3 is 2.62 bits per heavy atom. The molecule has 128 valence electrons. The molecule has 2 rings (SSSR count). The van der Waals surface area contributed by atoms with E-state index in [4.69, 9.17) is 21.1 Å². The molecule has 0 aliphatic heterocycles. The van der Waals surface area contributed by atoms with Crippen LogP contribution in [0, 0.1) is 0 Å². The van der Waals surface area contributed by atoms with Gasteiger partial charge in [0.2, 0.25) is 0 Å². The van der Waals surface area contributed by atoms with Gasteiger partial charge in [-0.2, -0.15) is 0 Å². The maximum atomic E-state index is 12.6. The molecule has 24 heavy (non-hydrogen) atoms. The number of hydrogen-bond acceptors (Lipinski definition) is 5. The van der Waals surface area contributed by atoms with E-state index in [2.05, 4.69) is 4.72 Å². The Bertz CT molecular complexity index is 851. The van der Waals surface area contributed by atoms with Crippen LogP contribution in [0.4, 0.5) is 5.69 Å². The molecule has 0 saturated heterocycles. The normalized spacial score (nSPS) is 11.0. The first-order chi connectivity index (χ1) is 11.4. The number of ether oxygens (including phenoxy) is 2. The molecule has 0 atom stereocenters. The molecule has 0 aromatic heterocycles. The number of sulfonamides is 1. The summed E-state index contributed by atoms with van der Waals surface area (Å²) in [6, 6.07) is 10.3. The molecule has 0 spiro atoms. The third-order valence-electron chi connectivity index (χ3n) is 3.04. The molecule has 0 bridgehead atoms. The predicted molar refractivity (Wildman–Crippen MR) is 91.2 cm³/mol. The van der Waals surface area contributed by atoms with Crippen LogP contribution in [0.3, 0.4) is 0 Å². The number of carbonyl (C=O) groups excluding carboxylic acids is 1. The van der Waals surface area contributed by atoms with Crippen LogP contribution >= 0.6 is 11.6 Å². The summed E-state index contributed by atoms with van der Waals surface area (Å²) in [5.74, 6) is -0.368. The summed E-state index contributed by atoms with van der Waals surface area (Å²) >= 11 is 5.88. The maximum Gasteiger partial charge on any atom is 0.338 e. The average molecular weight is 370 g/mol. The average Bonchev–Trinajstić information content (AvgIpc) is 2.55. The van der Waals surface area contributed by atoms with Crippen molar-refractivity contribution in [3.05, 3.63) is 53.1 Å². The second-order valence-corrected chi connectivity index (χ2v) is 6.79. The first-order valence-corrected chi connectivity index (χ1v) is 8.87. The van der Waals surface area contributed by atoms with Gasteiger partial charge in [0.05, 0.1) is 19.3 Å². The highest BCUT2D eigenvalue weighted by Gasteiger charge is 2.20. The number of methoxy groups -OCH3 is 1. The standard InChI is InChI=1S/C16H16ClNO5S/c1-3-23-16(19)11-5-4-6-13(9-11)18-24(20,21)15-10-12(17)7-8-14(15)22-2/h4-10,18H,3H2,1-2H3. The monoisotopic (exact) mass is 369 g/mol. The summed E-state index contributed by atoms with van der Waals surface area (Å²) in [5, 5.41) is 0.261. The first kappa shape index (κ1) is 18.1. The van der Waals surface area contributed by atoms with E-state index in [1.807, 2.05) is 0 Å². The minimum atomic E-state index is -3.94. The smallest absolute Gasteiger partial charge is 0.338 e. The predicted octanol–water partition coefficient (Wildman–Crippen LogP) is 3.33. The van der Waals surface area contributed by atoms with Crippen LogP contribution in [0.1, 0.15) is 17.3 Å². The number of carbonyl (C=O) groups is 1. The maximum absolute atomic E-state index is 12.6. The van der Waals surface area contributed by atoms with Crippen molar-refractivity contribution < 1.29 is 22.7 Å². The van der Waals surface area contributed by atoms with Gasteiger partial charge in [-0.3, -0.25) is 4.72 Å². The fraction of sp³-hybridized carbons (Fsp3) is 0.188. The first-order valence-electron chi connectivity index (χ1n) is 7.01. The molecule has 0 fully saturated rings. The summed E-state index contributed by atoms with van der Waals surface area (Å²) in [6.07, 6.45) is 0. The number of halogens is 1. The van der Waals surface area contributed by atoms with Crippen molar-refractivity contribution in [3.63, 3.8) is 0 Å². The molecule has 0 saturated carbocycles. The second-order valence-electron chi connectivity index (χ2n) is 4.70. The lowest BCUT2D eigenvalue weighted by Gasteiger charge is -2.12. The van der Waals surface area contributed by atoms with Crippen molar-refractivity contribution in [1.82, 2.24) is 0 Å². The van der Waals surface area contributed by atoms with Crippen molar-refractivity contribution in [3.8, 4) is 5.75 Å². The number of nitrogens with one attached hydrogen (secondary N) is 1. The van der Waals surface area contributed by atoms with E-state index in [0.717, 1.165) is 0 Å². The molecule has 0 amide bonds. The Hall–Kier alpha value is -2.25. The van der Waals surface area contributed by atoms with E-state index in [9.17, 15) is 13.2 Å². The molecule has 2 aromatic carbocycles. The van der Waals surface area contributed by atoms with Crippen molar-refractivity contribution in [2.24, 2.45) is 0 Å². The van der Waals surface area contributed by atoms with Gasteiger partial charge in [-0.05, 0) is 43.3 Å². The van der Waals surface area contributed by atoms with Crippen molar-refractivity contribution in [2.75, 3.05) is 18.4 Å². The lowest BCUT2D eigenvalue weighted by Crippen LogP contribution is -2.14. The zero-order chi connectivity index (χ0) is 17.7. The Morgan fingerprint density at radius 2 is 1.96 bits per heavy atom. The molecule has 0 unspecified atom stereocenters. The van der Waals surface area contributed by atoms with Gasteiger partial charge in [-0.15, -0.1) is 0 Å². The molecular formula is C16H16ClNO5S. The summed E-state index contributed by atoms with van der Waals surface area (Å²) in [4.78, 5) is 11.6. The minimum absolute atomic E-state index is 0.0981. The van der Waals surface area contributed by atoms with Crippen molar-refractivity contribution in [1.29, 1.82) is 0 Å². The molecule has 0 heterocycles. The fourth-order valence-corrected chi connectivity index (χ4v) is 3.48. The van der Waals surface area contributed by atoms with E-state index in [1.165, 1.54) is 43.5 Å². The van der Waals surface area contributed by atoms with Crippen LogP contribution in [-0.4, -0.2) is 28.1 Å². The van der Waals surface area contributed by atoms with Crippen molar-refractivity contribution in [2.45, 2.75) is 11.8 Å². The number of anilines is 1. The van der Waals surface area contributed by atoms with Crippen LogP contribution in [0.2, 0.25) is 5.02 Å². The van der Waals surface area contributed by atoms with Crippen LogP contribution in [-0.2, 0) is 14.8 Å². The molecule has 1 N–H and O–H groups in total. The molecule has 0 radical (unpaired) electrons. The van der Waals surface area contributed by atoms with E-state index in [0.29, 0.717) is 0 Å². The second kappa shape index (κ2) is 7.55. The highest BCUT2D eigenvalue weighted by atomic mass is 35.5. The lowest BCUT2D eigenvalue weighted by molar-refractivity contribution is 0.0526. The molecule has 2 aromatic rings. The highest BCUT2D eigenvalue weighted by Crippen LogP contribution is 2.28. The number of esters is 1. The van der Waals surface area contributed by atoms with E-state index < -0.39 is 16.0 Å². The lowest BCUT2D eigenvalue weighted by atomic mass is 10.2. The summed E-state index contributed by atoms with van der Waals surface area (Å²) in [6.45, 7) is 1.92. The zero-order valence-corrected chi connectivity index (χ0v) is 14.6. The van der Waals surface area contributed by atoms with E-state index in [-0.39, 0.29) is 33.5 Å². The fourth-order valence-electron chi connectivity index (χ4n) is 1.99. The van der Waals surface area contributed by atoms with Crippen molar-refractivity contribution >= 4 is 33.3 Å². The van der Waals surface area contributed by atoms with Gasteiger partial charge in [0.25, 0.3) is 10.0 Å². The SMILES string of the molecule is CCOC(=O)c1cccc(NS(=O)(=O)c2cc(Cl)ccc2OC)c1. The molecule has 0 aliphatic carbocycles. The quantitative estimate of drug-likeness (QED) is 0.790. The number of benzene rings is 2. The van der Waals surface area contributed by atoms with Gasteiger partial charge in [0.15, 0.2) is 0 Å². The van der Waals surface area contributed by atoms with Gasteiger partial charge in [0.1, 0.15) is 10.6 Å². The molecule has 8 heteroatoms. The highest BCUT2D eigenvalue weighted by molar-refractivity contribution is 7.92. The van der Waals surface area contributed by atoms with Gasteiger partial charge in [-0.1, -0.05) is 17.7 Å². The molecular weight excluding hydrogens is 354 g/mol. The Labute approximate surface area is 145 Å². The third kappa shape index (κ3) is 4.18. The largest absolute Gasteiger partial charge is 0.495 e.